The zero-order valence-electron chi connectivity index (χ0n) is 45.2. The van der Waals surface area contributed by atoms with Gasteiger partial charge >= 0.3 is 35.8 Å². The number of Topliss-reactive ketones (excluding diaryl/α,β-unsaturated/α-hetero) is 1. The second-order valence-electron chi connectivity index (χ2n) is 16.4. The molecule has 0 aromatic heterocycles. The maximum Gasteiger partial charge on any atom is 0.343 e. The van der Waals surface area contributed by atoms with Gasteiger partial charge in [0.25, 0.3) is 0 Å². The number of fused-ring (bicyclic) bond motifs is 2. The van der Waals surface area contributed by atoms with E-state index in [1.54, 1.807) is 98.8 Å². The monoisotopic (exact) mass is 1080 g/mol. The number of carbonyl (C=O) groups is 9. The van der Waals surface area contributed by atoms with Crippen molar-refractivity contribution in [2.24, 2.45) is 0 Å². The summed E-state index contributed by atoms with van der Waals surface area (Å²) >= 11 is 0. The predicted molar refractivity (Wildman–Crippen MR) is 294 cm³/mol. The Kier molecular flexibility index (Phi) is 33.8. The van der Waals surface area contributed by atoms with Crippen LogP contribution in [0.2, 0.25) is 0 Å². The van der Waals surface area contributed by atoms with Crippen molar-refractivity contribution >= 4 is 75.7 Å². The number of esters is 6. The molecule has 18 heteroatoms. The fourth-order valence-electron chi connectivity index (χ4n) is 6.03. The van der Waals surface area contributed by atoms with Crippen molar-refractivity contribution in [3.8, 4) is 11.5 Å². The van der Waals surface area contributed by atoms with Gasteiger partial charge in [0.15, 0.2) is 5.78 Å². The van der Waals surface area contributed by atoms with Gasteiger partial charge in [0, 0.05) is 32.3 Å². The molecule has 78 heavy (non-hydrogen) atoms. The molecule has 0 aliphatic carbocycles. The number of allylic oxidation sites excluding steroid dienone is 5. The second kappa shape index (κ2) is 39.0. The van der Waals surface area contributed by atoms with Crippen molar-refractivity contribution in [3.05, 3.63) is 158 Å². The first kappa shape index (κ1) is 67.6. The summed E-state index contributed by atoms with van der Waals surface area (Å²) < 4.78 is 47.2. The molecule has 1 unspecified atom stereocenters. The van der Waals surface area contributed by atoms with Crippen molar-refractivity contribution in [2.75, 3.05) is 53.9 Å². The lowest BCUT2D eigenvalue weighted by atomic mass is 9.90. The summed E-state index contributed by atoms with van der Waals surface area (Å²) in [4.78, 5) is 105. The number of methoxy groups -OCH3 is 2. The molecule has 0 N–H and O–H groups in total. The van der Waals surface area contributed by atoms with E-state index in [1.165, 1.54) is 38.9 Å². The molecule has 0 spiro atoms. The summed E-state index contributed by atoms with van der Waals surface area (Å²) in [5.74, 6) is -3.43. The van der Waals surface area contributed by atoms with Crippen molar-refractivity contribution in [3.63, 3.8) is 0 Å². The molecule has 0 aliphatic rings. The maximum absolute atomic E-state index is 14.1. The van der Waals surface area contributed by atoms with E-state index in [1.807, 2.05) is 0 Å². The normalized spacial score (nSPS) is 11.2. The highest BCUT2D eigenvalue weighted by molar-refractivity contribution is 6.05. The molecule has 0 saturated heterocycles. The Hall–Kier alpha value is -8.45. The summed E-state index contributed by atoms with van der Waals surface area (Å²) in [7, 11) is 3.00. The number of carbonyl (C=O) groups excluding carboxylic acids is 9. The number of benzene rings is 4. The van der Waals surface area contributed by atoms with E-state index in [2.05, 4.69) is 40.2 Å². The van der Waals surface area contributed by atoms with Crippen LogP contribution in [0.4, 0.5) is 0 Å². The first-order chi connectivity index (χ1) is 37.4. The lowest BCUT2D eigenvalue weighted by Crippen LogP contribution is -2.39. The molecule has 0 aliphatic heterocycles. The van der Waals surface area contributed by atoms with Gasteiger partial charge < -0.3 is 42.6 Å². The third-order valence-corrected chi connectivity index (χ3v) is 9.73. The molecular weight excluding hydrogens is 1010 g/mol. The molecule has 4 rings (SSSR count). The summed E-state index contributed by atoms with van der Waals surface area (Å²) in [5.41, 5.74) is -0.199. The van der Waals surface area contributed by atoms with Crippen LogP contribution in [-0.2, 0) is 66.7 Å². The average molecular weight is 1080 g/mol. The number of ether oxygens (including phenoxy) is 9. The highest BCUT2D eigenvalue weighted by atomic mass is 16.6. The van der Waals surface area contributed by atoms with Gasteiger partial charge in [0.1, 0.15) is 55.3 Å². The Morgan fingerprint density at radius 2 is 1.03 bits per heavy atom. The molecule has 0 heterocycles. The largest absolute Gasteiger partial charge is 0.463 e. The molecule has 4 aromatic carbocycles. The Labute approximate surface area is 455 Å². The van der Waals surface area contributed by atoms with E-state index < -0.39 is 41.4 Å². The van der Waals surface area contributed by atoms with E-state index in [-0.39, 0.29) is 100 Å². The van der Waals surface area contributed by atoms with Crippen LogP contribution in [0.1, 0.15) is 86.9 Å². The molecule has 418 valence electrons. The number of aldehydes is 2. The van der Waals surface area contributed by atoms with Gasteiger partial charge in [-0.15, -0.1) is 0 Å². The molecule has 4 aromatic rings. The number of hydrogen-bond donors (Lipinski definition) is 0. The topological polar surface area (TPSA) is 237 Å². The van der Waals surface area contributed by atoms with Crippen LogP contribution < -0.4 is 9.47 Å². The number of ketones is 1. The Balaban J connectivity index is 0.00000229. The van der Waals surface area contributed by atoms with Crippen molar-refractivity contribution in [1.29, 1.82) is 0 Å². The minimum Gasteiger partial charge on any atom is -0.463 e. The van der Waals surface area contributed by atoms with Gasteiger partial charge in [-0.3, -0.25) is 33.6 Å². The highest BCUT2D eigenvalue weighted by Gasteiger charge is 2.34. The van der Waals surface area contributed by atoms with Crippen LogP contribution in [0.15, 0.2) is 147 Å². The minimum absolute atomic E-state index is 0.0798. The van der Waals surface area contributed by atoms with Gasteiger partial charge in [-0.05, 0) is 102 Å². The van der Waals surface area contributed by atoms with Crippen molar-refractivity contribution in [1.82, 2.24) is 0 Å². The highest BCUT2D eigenvalue weighted by Crippen LogP contribution is 2.28. The van der Waals surface area contributed by atoms with Gasteiger partial charge in [0.2, 0.25) is 0 Å². The van der Waals surface area contributed by atoms with Crippen LogP contribution in [-0.4, -0.2) is 114 Å². The molecule has 1 atom stereocenters. The van der Waals surface area contributed by atoms with Gasteiger partial charge in [-0.2, -0.15) is 0 Å². The minimum atomic E-state index is -1.37. The van der Waals surface area contributed by atoms with E-state index in [0.717, 1.165) is 12.4 Å². The smallest absolute Gasteiger partial charge is 0.343 e. The summed E-state index contributed by atoms with van der Waals surface area (Å²) in [6.45, 7) is 21.4. The van der Waals surface area contributed by atoms with Crippen LogP contribution in [0.3, 0.4) is 0 Å². The van der Waals surface area contributed by atoms with E-state index in [4.69, 9.17) is 47.4 Å². The zero-order chi connectivity index (χ0) is 58.3. The number of hydrogen-bond acceptors (Lipinski definition) is 18. The molecule has 0 amide bonds. The Morgan fingerprint density at radius 3 is 1.50 bits per heavy atom. The van der Waals surface area contributed by atoms with E-state index in [0.29, 0.717) is 39.0 Å². The SMILES string of the molecule is C=C(C)C=O.C=C/C=C(\C=C/CC(C)(OCCOC)C(=O)c1ccc2cc(OC(=O)CCC(=O)OCCOC)ccc2c1)OC(=O)c1ccc2cc(OC(=O)CCC(=O)OCCOC(=O)C=C)ccc2c1.C=CC=O.CCC. The molecular formula is C60H70O18. The average Bonchev–Trinajstić information content (AvgIpc) is 3.43. The van der Waals surface area contributed by atoms with Crippen LogP contribution in [0.25, 0.3) is 21.5 Å². The molecule has 0 bridgehead atoms. The van der Waals surface area contributed by atoms with E-state index in [9.17, 15) is 38.4 Å². The Bertz CT molecular complexity index is 2740. The van der Waals surface area contributed by atoms with Crippen LogP contribution in [0.5, 0.6) is 11.5 Å². The maximum atomic E-state index is 14.1. The third-order valence-electron chi connectivity index (χ3n) is 9.73. The van der Waals surface area contributed by atoms with Crippen molar-refractivity contribution < 1.29 is 85.8 Å². The first-order valence-electron chi connectivity index (χ1n) is 24.5. The van der Waals surface area contributed by atoms with Crippen LogP contribution in [0, 0.1) is 0 Å². The first-order valence-corrected chi connectivity index (χ1v) is 24.5. The predicted octanol–water partition coefficient (Wildman–Crippen LogP) is 9.85. The van der Waals surface area contributed by atoms with Gasteiger partial charge in [-0.25, -0.2) is 9.59 Å². The lowest BCUT2D eigenvalue weighted by molar-refractivity contribution is -0.151. The summed E-state index contributed by atoms with van der Waals surface area (Å²) in [6, 6.07) is 19.7. The number of rotatable bonds is 29. The summed E-state index contributed by atoms with van der Waals surface area (Å²) in [6.07, 6.45) is 10.2. The van der Waals surface area contributed by atoms with E-state index >= 15 is 0 Å². The third kappa shape index (κ3) is 27.4. The molecule has 0 fully saturated rings. The quantitative estimate of drug-likeness (QED) is 0.00566. The Morgan fingerprint density at radius 1 is 0.590 bits per heavy atom. The summed E-state index contributed by atoms with van der Waals surface area (Å²) in [5, 5.41) is 2.72. The second-order valence-corrected chi connectivity index (χ2v) is 16.4. The standard InChI is InChI=1S/C50H52O16.C4H6O.C3H4O.C3H8/c1-6-9-40(66-49(57)39-14-12-37-33-42(18-16-35(37)31-39)65-47(55)22-20-45(53)62-28-27-60-43(51)7-2)10-8-23-50(3,63-29-25-59-5)48(56)38-13-11-36-32-41(17-15-34(36)30-38)64-46(54)21-19-44(52)61-26-24-58-4;1-4(2)3-5;1-2-3-4;1-3-2/h6-18,30-33H,1-2,19-29H2,3-5H3;3H,1H2,2H3;2-3H,1H2;3H2,1-2H3/b10-8-,40-9+;;;. The fourth-order valence-corrected chi connectivity index (χ4v) is 6.03. The fraction of sp³-hybridized carbons (Fsp3) is 0.317. The zero-order valence-corrected chi connectivity index (χ0v) is 45.2. The van der Waals surface area contributed by atoms with Crippen LogP contribution >= 0.6 is 0 Å². The lowest BCUT2D eigenvalue weighted by Gasteiger charge is -2.27. The molecule has 0 saturated carbocycles. The molecule has 18 nitrogen and oxygen atoms in total. The molecule has 0 radical (unpaired) electrons. The van der Waals surface area contributed by atoms with Gasteiger partial charge in [0.05, 0.1) is 51.1 Å². The van der Waals surface area contributed by atoms with Gasteiger partial charge in [-0.1, -0.05) is 89.1 Å². The van der Waals surface area contributed by atoms with Crippen molar-refractivity contribution in [2.45, 2.75) is 71.8 Å².